The molecule has 0 spiro atoms. The molecule has 0 unspecified atom stereocenters. The lowest BCUT2D eigenvalue weighted by atomic mass is 10.0. The molecule has 0 bridgehead atoms. The smallest absolute Gasteiger partial charge is 0.262 e. The minimum atomic E-state index is -0.250. The Kier molecular flexibility index (Phi) is 6.86. The van der Waals surface area contributed by atoms with Crippen LogP contribution in [0.5, 0.6) is 5.75 Å². The molecule has 0 aliphatic carbocycles. The average Bonchev–Trinajstić information content (AvgIpc) is 2.74. The van der Waals surface area contributed by atoms with E-state index in [1.165, 1.54) is 5.56 Å². The number of benzene rings is 3. The second-order valence-electron chi connectivity index (χ2n) is 7.46. The number of aryl methyl sites for hydroxylation is 1. The number of carbonyl (C=O) groups is 2. The van der Waals surface area contributed by atoms with Crippen LogP contribution in [0.25, 0.3) is 0 Å². The third-order valence-corrected chi connectivity index (χ3v) is 4.62. The van der Waals surface area contributed by atoms with Crippen LogP contribution in [0.3, 0.4) is 0 Å². The molecule has 30 heavy (non-hydrogen) atoms. The van der Waals surface area contributed by atoms with Gasteiger partial charge in [0, 0.05) is 16.9 Å². The van der Waals surface area contributed by atoms with Crippen LogP contribution in [0.4, 0.5) is 11.4 Å². The number of amides is 2. The molecule has 5 heteroatoms. The predicted molar refractivity (Wildman–Crippen MR) is 120 cm³/mol. The molecular weight excluding hydrogens is 376 g/mol. The Balaban J connectivity index is 1.50. The van der Waals surface area contributed by atoms with Crippen molar-refractivity contribution < 1.29 is 14.3 Å². The van der Waals surface area contributed by atoms with E-state index in [4.69, 9.17) is 4.74 Å². The van der Waals surface area contributed by atoms with Crippen molar-refractivity contribution in [2.45, 2.75) is 26.7 Å². The van der Waals surface area contributed by atoms with E-state index >= 15 is 0 Å². The lowest BCUT2D eigenvalue weighted by molar-refractivity contribution is -0.118. The van der Waals surface area contributed by atoms with Crippen molar-refractivity contribution in [1.82, 2.24) is 0 Å². The van der Waals surface area contributed by atoms with Gasteiger partial charge in [0.15, 0.2) is 6.61 Å². The molecule has 0 aliphatic heterocycles. The molecule has 5 nitrogen and oxygen atoms in total. The molecule has 154 valence electrons. The van der Waals surface area contributed by atoms with E-state index in [-0.39, 0.29) is 18.4 Å². The average molecular weight is 402 g/mol. The molecule has 0 saturated carbocycles. The van der Waals surface area contributed by atoms with Crippen LogP contribution in [-0.4, -0.2) is 18.4 Å². The van der Waals surface area contributed by atoms with Crippen molar-refractivity contribution in [1.29, 1.82) is 0 Å². The molecule has 0 saturated heterocycles. The fourth-order valence-corrected chi connectivity index (χ4v) is 2.92. The van der Waals surface area contributed by atoms with Gasteiger partial charge in [-0.3, -0.25) is 9.59 Å². The van der Waals surface area contributed by atoms with Crippen LogP contribution in [0.2, 0.25) is 0 Å². The molecule has 2 N–H and O–H groups in total. The maximum atomic E-state index is 12.3. The predicted octanol–water partition coefficient (Wildman–Crippen LogP) is 5.39. The summed E-state index contributed by atoms with van der Waals surface area (Å²) in [5, 5.41) is 5.63. The van der Waals surface area contributed by atoms with Crippen LogP contribution in [-0.2, 0) is 4.79 Å². The van der Waals surface area contributed by atoms with E-state index in [0.29, 0.717) is 28.6 Å². The Morgan fingerprint density at radius 3 is 2.10 bits per heavy atom. The summed E-state index contributed by atoms with van der Waals surface area (Å²) in [4.78, 5) is 24.4. The number of rotatable bonds is 7. The van der Waals surface area contributed by atoms with Crippen molar-refractivity contribution in [3.05, 3.63) is 89.5 Å². The first-order valence-electron chi connectivity index (χ1n) is 9.91. The standard InChI is InChI=1S/C25H26N2O3/c1-17(2)19-7-13-23(14-8-19)30-16-24(28)26-21-9-11-22(12-10-21)27-25(29)20-6-4-5-18(3)15-20/h4-15,17H,16H2,1-3H3,(H,26,28)(H,27,29). The maximum Gasteiger partial charge on any atom is 0.262 e. The fourth-order valence-electron chi connectivity index (χ4n) is 2.92. The summed E-state index contributed by atoms with van der Waals surface area (Å²) in [6.07, 6.45) is 0. The zero-order chi connectivity index (χ0) is 21.5. The topological polar surface area (TPSA) is 67.4 Å². The van der Waals surface area contributed by atoms with Crippen molar-refractivity contribution in [3.8, 4) is 5.75 Å². The van der Waals surface area contributed by atoms with Crippen LogP contribution in [0, 0.1) is 6.92 Å². The fraction of sp³-hybridized carbons (Fsp3) is 0.200. The lowest BCUT2D eigenvalue weighted by Gasteiger charge is -2.10. The largest absolute Gasteiger partial charge is 0.484 e. The lowest BCUT2D eigenvalue weighted by Crippen LogP contribution is -2.20. The van der Waals surface area contributed by atoms with E-state index in [0.717, 1.165) is 5.56 Å². The van der Waals surface area contributed by atoms with E-state index in [1.807, 2.05) is 49.4 Å². The number of carbonyl (C=O) groups excluding carboxylic acids is 2. The first-order chi connectivity index (χ1) is 14.4. The Labute approximate surface area is 177 Å². The van der Waals surface area contributed by atoms with E-state index < -0.39 is 0 Å². The van der Waals surface area contributed by atoms with Gasteiger partial charge >= 0.3 is 0 Å². The summed E-state index contributed by atoms with van der Waals surface area (Å²) in [6.45, 7) is 6.12. The zero-order valence-electron chi connectivity index (χ0n) is 17.4. The van der Waals surface area contributed by atoms with E-state index in [9.17, 15) is 9.59 Å². The number of hydrogen-bond acceptors (Lipinski definition) is 3. The van der Waals surface area contributed by atoms with E-state index in [2.05, 4.69) is 24.5 Å². The summed E-state index contributed by atoms with van der Waals surface area (Å²) in [6, 6.07) is 22.1. The maximum absolute atomic E-state index is 12.3. The number of anilines is 2. The third-order valence-electron chi connectivity index (χ3n) is 4.62. The first kappa shape index (κ1) is 21.1. The highest BCUT2D eigenvalue weighted by molar-refractivity contribution is 6.04. The van der Waals surface area contributed by atoms with Crippen LogP contribution < -0.4 is 15.4 Å². The molecule has 0 atom stereocenters. The zero-order valence-corrected chi connectivity index (χ0v) is 17.4. The molecule has 0 fully saturated rings. The van der Waals surface area contributed by atoms with Gasteiger partial charge in [-0.1, -0.05) is 43.7 Å². The number of ether oxygens (including phenoxy) is 1. The quantitative estimate of drug-likeness (QED) is 0.557. The second kappa shape index (κ2) is 9.74. The molecule has 0 aromatic heterocycles. The third kappa shape index (κ3) is 5.95. The minimum Gasteiger partial charge on any atom is -0.484 e. The van der Waals surface area contributed by atoms with Gasteiger partial charge in [0.05, 0.1) is 0 Å². The van der Waals surface area contributed by atoms with Crippen molar-refractivity contribution in [2.75, 3.05) is 17.2 Å². The molecule has 0 aliphatic rings. The van der Waals surface area contributed by atoms with Crippen LogP contribution in [0.1, 0.15) is 41.3 Å². The molecule has 3 aromatic carbocycles. The van der Waals surface area contributed by atoms with Gasteiger partial charge in [-0.2, -0.15) is 0 Å². The highest BCUT2D eigenvalue weighted by Gasteiger charge is 2.08. The Bertz CT molecular complexity index is 1010. The second-order valence-corrected chi connectivity index (χ2v) is 7.46. The SMILES string of the molecule is Cc1cccc(C(=O)Nc2ccc(NC(=O)COc3ccc(C(C)C)cc3)cc2)c1. The van der Waals surface area contributed by atoms with Crippen LogP contribution in [0.15, 0.2) is 72.8 Å². The highest BCUT2D eigenvalue weighted by atomic mass is 16.5. The normalized spacial score (nSPS) is 10.5. The summed E-state index contributed by atoms with van der Waals surface area (Å²) in [5.74, 6) is 0.683. The van der Waals surface area contributed by atoms with Crippen LogP contribution >= 0.6 is 0 Å². The Morgan fingerprint density at radius 2 is 1.50 bits per heavy atom. The number of hydrogen-bond donors (Lipinski definition) is 2. The number of nitrogens with one attached hydrogen (secondary N) is 2. The first-order valence-corrected chi connectivity index (χ1v) is 9.91. The van der Waals surface area contributed by atoms with Gasteiger partial charge in [-0.25, -0.2) is 0 Å². The molecule has 0 heterocycles. The van der Waals surface area contributed by atoms with Gasteiger partial charge in [-0.15, -0.1) is 0 Å². The Morgan fingerprint density at radius 1 is 0.867 bits per heavy atom. The minimum absolute atomic E-state index is 0.0765. The van der Waals surface area contributed by atoms with Gasteiger partial charge in [0.1, 0.15) is 5.75 Å². The van der Waals surface area contributed by atoms with Gasteiger partial charge in [0.2, 0.25) is 0 Å². The summed E-state index contributed by atoms with van der Waals surface area (Å²) in [7, 11) is 0. The summed E-state index contributed by atoms with van der Waals surface area (Å²) >= 11 is 0. The van der Waals surface area contributed by atoms with Gasteiger partial charge in [0.25, 0.3) is 11.8 Å². The van der Waals surface area contributed by atoms with Crippen molar-refractivity contribution >= 4 is 23.2 Å². The Hall–Kier alpha value is -3.60. The molecular formula is C25H26N2O3. The highest BCUT2D eigenvalue weighted by Crippen LogP contribution is 2.19. The van der Waals surface area contributed by atoms with Crippen molar-refractivity contribution in [2.24, 2.45) is 0 Å². The molecule has 2 amide bonds. The molecule has 0 radical (unpaired) electrons. The molecule has 3 aromatic rings. The molecule has 3 rings (SSSR count). The van der Waals surface area contributed by atoms with Gasteiger partial charge in [-0.05, 0) is 66.9 Å². The van der Waals surface area contributed by atoms with Crippen molar-refractivity contribution in [3.63, 3.8) is 0 Å². The van der Waals surface area contributed by atoms with Gasteiger partial charge < -0.3 is 15.4 Å². The summed E-state index contributed by atoms with van der Waals surface area (Å²) in [5.41, 5.74) is 4.14. The summed E-state index contributed by atoms with van der Waals surface area (Å²) < 4.78 is 5.54. The monoisotopic (exact) mass is 402 g/mol. The van der Waals surface area contributed by atoms with E-state index in [1.54, 1.807) is 30.3 Å².